The number of amides is 2. The van der Waals surface area contributed by atoms with Crippen LogP contribution in [-0.2, 0) is 0 Å². The van der Waals surface area contributed by atoms with Crippen molar-refractivity contribution < 1.29 is 4.79 Å². The Morgan fingerprint density at radius 3 is 2.47 bits per heavy atom. The molecule has 0 unspecified atom stereocenters. The molecule has 94 valence electrons. The van der Waals surface area contributed by atoms with Gasteiger partial charge in [-0.2, -0.15) is 0 Å². The zero-order chi connectivity index (χ0) is 13.0. The number of carbonyl (C=O) groups is 1. The van der Waals surface area contributed by atoms with E-state index in [4.69, 9.17) is 5.73 Å². The van der Waals surface area contributed by atoms with E-state index in [0.29, 0.717) is 24.5 Å². The number of nitrogen functional groups attached to an aromatic ring is 1. The van der Waals surface area contributed by atoms with Crippen LogP contribution in [0.4, 0.5) is 16.2 Å². The average molecular weight is 300 g/mol. The highest BCUT2D eigenvalue weighted by molar-refractivity contribution is 9.10. The third kappa shape index (κ3) is 3.36. The van der Waals surface area contributed by atoms with Crippen LogP contribution in [0, 0.1) is 6.92 Å². The van der Waals surface area contributed by atoms with Gasteiger partial charge in [0.25, 0.3) is 0 Å². The van der Waals surface area contributed by atoms with Crippen LogP contribution >= 0.6 is 15.9 Å². The average Bonchev–Trinajstić information content (AvgIpc) is 2.25. The number of aryl methyl sites for hydroxylation is 1. The van der Waals surface area contributed by atoms with E-state index in [9.17, 15) is 4.79 Å². The first-order valence-corrected chi connectivity index (χ1v) is 6.40. The Kier molecular flexibility index (Phi) is 4.81. The van der Waals surface area contributed by atoms with Crippen molar-refractivity contribution in [2.75, 3.05) is 24.1 Å². The second-order valence-electron chi connectivity index (χ2n) is 3.81. The lowest BCUT2D eigenvalue weighted by Gasteiger charge is -2.20. The van der Waals surface area contributed by atoms with Crippen molar-refractivity contribution in [2.45, 2.75) is 20.8 Å². The van der Waals surface area contributed by atoms with E-state index in [1.54, 1.807) is 4.90 Å². The number of nitrogens with zero attached hydrogens (tertiary/aromatic N) is 1. The summed E-state index contributed by atoms with van der Waals surface area (Å²) in [4.78, 5) is 13.6. The highest BCUT2D eigenvalue weighted by Gasteiger charge is 2.13. The summed E-state index contributed by atoms with van der Waals surface area (Å²) in [5.74, 6) is 0. The lowest BCUT2D eigenvalue weighted by molar-refractivity contribution is 0.217. The van der Waals surface area contributed by atoms with Crippen LogP contribution in [0.3, 0.4) is 0 Å². The zero-order valence-electron chi connectivity index (χ0n) is 10.4. The van der Waals surface area contributed by atoms with Gasteiger partial charge in [0.05, 0.1) is 11.4 Å². The molecule has 0 spiro atoms. The van der Waals surface area contributed by atoms with Crippen molar-refractivity contribution in [3.63, 3.8) is 0 Å². The molecule has 0 fully saturated rings. The van der Waals surface area contributed by atoms with E-state index in [2.05, 4.69) is 21.2 Å². The number of anilines is 2. The van der Waals surface area contributed by atoms with Gasteiger partial charge in [-0.05, 0) is 54.4 Å². The third-order valence-corrected chi connectivity index (χ3v) is 3.17. The van der Waals surface area contributed by atoms with E-state index in [-0.39, 0.29) is 6.03 Å². The Hall–Kier alpha value is -1.23. The lowest BCUT2D eigenvalue weighted by atomic mass is 10.2. The van der Waals surface area contributed by atoms with Crippen molar-refractivity contribution in [2.24, 2.45) is 0 Å². The van der Waals surface area contributed by atoms with Gasteiger partial charge < -0.3 is 16.0 Å². The summed E-state index contributed by atoms with van der Waals surface area (Å²) >= 11 is 3.41. The van der Waals surface area contributed by atoms with Gasteiger partial charge in [-0.1, -0.05) is 0 Å². The molecule has 0 aliphatic rings. The Labute approximate surface area is 110 Å². The normalized spacial score (nSPS) is 10.1. The first kappa shape index (κ1) is 13.8. The molecular weight excluding hydrogens is 282 g/mol. The molecule has 0 bridgehead atoms. The fourth-order valence-electron chi connectivity index (χ4n) is 1.60. The molecule has 0 saturated heterocycles. The summed E-state index contributed by atoms with van der Waals surface area (Å²) in [7, 11) is 0. The van der Waals surface area contributed by atoms with Crippen LogP contribution in [0.15, 0.2) is 16.6 Å². The second-order valence-corrected chi connectivity index (χ2v) is 4.67. The van der Waals surface area contributed by atoms with Gasteiger partial charge in [-0.15, -0.1) is 0 Å². The fourth-order valence-corrected chi connectivity index (χ4v) is 2.29. The minimum atomic E-state index is -0.133. The van der Waals surface area contributed by atoms with Gasteiger partial charge >= 0.3 is 6.03 Å². The van der Waals surface area contributed by atoms with Gasteiger partial charge in [-0.3, -0.25) is 0 Å². The smallest absolute Gasteiger partial charge is 0.321 e. The van der Waals surface area contributed by atoms with E-state index < -0.39 is 0 Å². The maximum absolute atomic E-state index is 11.9. The maximum atomic E-state index is 11.9. The number of rotatable bonds is 3. The van der Waals surface area contributed by atoms with E-state index >= 15 is 0 Å². The first-order chi connectivity index (χ1) is 7.99. The molecular formula is C12H18BrN3O. The molecule has 5 heteroatoms. The molecule has 0 heterocycles. The molecule has 1 aromatic rings. The van der Waals surface area contributed by atoms with Gasteiger partial charge in [-0.25, -0.2) is 4.79 Å². The second kappa shape index (κ2) is 5.91. The third-order valence-electron chi connectivity index (χ3n) is 2.55. The Bertz CT molecular complexity index is 393. The van der Waals surface area contributed by atoms with Crippen LogP contribution in [0.1, 0.15) is 19.4 Å². The summed E-state index contributed by atoms with van der Waals surface area (Å²) in [6, 6.07) is 3.63. The van der Waals surface area contributed by atoms with Crippen molar-refractivity contribution in [3.8, 4) is 0 Å². The van der Waals surface area contributed by atoms with Gasteiger partial charge in [0.15, 0.2) is 0 Å². The minimum absolute atomic E-state index is 0.133. The predicted octanol–water partition coefficient (Wildman–Crippen LogP) is 3.21. The Morgan fingerprint density at radius 1 is 1.41 bits per heavy atom. The maximum Gasteiger partial charge on any atom is 0.321 e. The number of hydrogen-bond donors (Lipinski definition) is 2. The van der Waals surface area contributed by atoms with Crippen LogP contribution in [0.25, 0.3) is 0 Å². The molecule has 17 heavy (non-hydrogen) atoms. The summed E-state index contributed by atoms with van der Waals surface area (Å²) in [5, 5.41) is 2.82. The monoisotopic (exact) mass is 299 g/mol. The molecule has 0 radical (unpaired) electrons. The number of carbonyl (C=O) groups excluding carboxylic acids is 1. The molecule has 0 saturated carbocycles. The number of benzene rings is 1. The summed E-state index contributed by atoms with van der Waals surface area (Å²) in [5.41, 5.74) is 8.14. The number of nitrogens with one attached hydrogen (secondary N) is 1. The highest BCUT2D eigenvalue weighted by Crippen LogP contribution is 2.30. The summed E-state index contributed by atoms with van der Waals surface area (Å²) in [6.07, 6.45) is 0. The topological polar surface area (TPSA) is 58.4 Å². The standard InChI is InChI=1S/C12H18BrN3O/c1-4-16(5-2)12(17)15-11-9(13)6-8(3)7-10(11)14/h6-7H,4-5,14H2,1-3H3,(H,15,17). The molecule has 1 aromatic carbocycles. The van der Waals surface area contributed by atoms with Crippen LogP contribution in [0.2, 0.25) is 0 Å². The number of hydrogen-bond acceptors (Lipinski definition) is 2. The predicted molar refractivity (Wildman–Crippen MR) is 75.2 cm³/mol. The molecule has 3 N–H and O–H groups in total. The van der Waals surface area contributed by atoms with E-state index in [0.717, 1.165) is 10.0 Å². The van der Waals surface area contributed by atoms with Gasteiger partial charge in [0, 0.05) is 17.6 Å². The van der Waals surface area contributed by atoms with Crippen LogP contribution in [-0.4, -0.2) is 24.0 Å². The SMILES string of the molecule is CCN(CC)C(=O)Nc1c(N)cc(C)cc1Br. The van der Waals surface area contributed by atoms with Crippen molar-refractivity contribution in [1.82, 2.24) is 4.90 Å². The Morgan fingerprint density at radius 2 is 2.00 bits per heavy atom. The quantitative estimate of drug-likeness (QED) is 0.842. The van der Waals surface area contributed by atoms with Crippen molar-refractivity contribution >= 4 is 33.3 Å². The van der Waals surface area contributed by atoms with Crippen LogP contribution < -0.4 is 11.1 Å². The number of halogens is 1. The summed E-state index contributed by atoms with van der Waals surface area (Å²) < 4.78 is 0.801. The van der Waals surface area contributed by atoms with Crippen molar-refractivity contribution in [1.29, 1.82) is 0 Å². The largest absolute Gasteiger partial charge is 0.397 e. The molecule has 0 aliphatic carbocycles. The molecule has 1 rings (SSSR count). The molecule has 0 atom stereocenters. The summed E-state index contributed by atoms with van der Waals surface area (Å²) in [6.45, 7) is 7.18. The zero-order valence-corrected chi connectivity index (χ0v) is 12.0. The molecule has 0 aliphatic heterocycles. The van der Waals surface area contributed by atoms with Crippen LogP contribution in [0.5, 0.6) is 0 Å². The molecule has 2 amide bonds. The Balaban J connectivity index is 2.92. The lowest BCUT2D eigenvalue weighted by Crippen LogP contribution is -2.34. The fraction of sp³-hybridized carbons (Fsp3) is 0.417. The number of urea groups is 1. The molecule has 0 aromatic heterocycles. The van der Waals surface area contributed by atoms with E-state index in [1.165, 1.54) is 0 Å². The number of nitrogens with two attached hydrogens (primary N) is 1. The van der Waals surface area contributed by atoms with Crippen molar-refractivity contribution in [3.05, 3.63) is 22.2 Å². The first-order valence-electron chi connectivity index (χ1n) is 5.61. The minimum Gasteiger partial charge on any atom is -0.397 e. The molecule has 4 nitrogen and oxygen atoms in total. The highest BCUT2D eigenvalue weighted by atomic mass is 79.9. The van der Waals surface area contributed by atoms with E-state index in [1.807, 2.05) is 32.9 Å². The van der Waals surface area contributed by atoms with Gasteiger partial charge in [0.1, 0.15) is 0 Å². The van der Waals surface area contributed by atoms with Gasteiger partial charge in [0.2, 0.25) is 0 Å².